The number of ether oxygens (including phenoxy) is 2. The van der Waals surface area contributed by atoms with Gasteiger partial charge in [0.15, 0.2) is 11.9 Å². The van der Waals surface area contributed by atoms with E-state index in [-0.39, 0.29) is 17.7 Å². The third-order valence-electron chi connectivity index (χ3n) is 4.77. The van der Waals surface area contributed by atoms with Gasteiger partial charge in [-0.15, -0.1) is 0 Å². The molecule has 5 nitrogen and oxygen atoms in total. The molecule has 2 fully saturated rings. The molecule has 5 heteroatoms. The van der Waals surface area contributed by atoms with Gasteiger partial charge in [0.05, 0.1) is 19.8 Å². The van der Waals surface area contributed by atoms with Crippen molar-refractivity contribution in [2.24, 2.45) is 0 Å². The van der Waals surface area contributed by atoms with Gasteiger partial charge in [0.25, 0.3) is 5.91 Å². The van der Waals surface area contributed by atoms with E-state index >= 15 is 0 Å². The summed E-state index contributed by atoms with van der Waals surface area (Å²) in [5, 5.41) is 0. The molecule has 24 heavy (non-hydrogen) atoms. The largest absolute Gasteiger partial charge is 0.376 e. The van der Waals surface area contributed by atoms with E-state index in [1.54, 1.807) is 0 Å². The second-order valence-electron chi connectivity index (χ2n) is 6.46. The third kappa shape index (κ3) is 4.22. The molecule has 2 heterocycles. The van der Waals surface area contributed by atoms with E-state index in [1.165, 1.54) is 0 Å². The van der Waals surface area contributed by atoms with Gasteiger partial charge in [-0.05, 0) is 12.8 Å². The standard InChI is InChI=1S/C19H25NO4/c21-17(15-7-3-1-4-8-15)13-16-9-5-2-6-10-20(16)19(22)18-14-23-11-12-24-18/h1,3-4,7-8,16,18H,2,5-6,9-14H2/t16-,18-/m0/s1. The zero-order valence-corrected chi connectivity index (χ0v) is 14.0. The molecule has 1 aromatic carbocycles. The molecule has 0 N–H and O–H groups in total. The molecule has 0 saturated carbocycles. The summed E-state index contributed by atoms with van der Waals surface area (Å²) in [7, 11) is 0. The van der Waals surface area contributed by atoms with Crippen LogP contribution in [-0.2, 0) is 14.3 Å². The van der Waals surface area contributed by atoms with Gasteiger partial charge >= 0.3 is 0 Å². The van der Waals surface area contributed by atoms with Crippen molar-refractivity contribution in [2.75, 3.05) is 26.4 Å². The van der Waals surface area contributed by atoms with Crippen LogP contribution in [0.1, 0.15) is 42.5 Å². The molecule has 2 aliphatic rings. The minimum Gasteiger partial charge on any atom is -0.376 e. The second-order valence-corrected chi connectivity index (χ2v) is 6.46. The van der Waals surface area contributed by atoms with Crippen LogP contribution in [-0.4, -0.2) is 55.1 Å². The zero-order valence-electron chi connectivity index (χ0n) is 14.0. The first-order valence-electron chi connectivity index (χ1n) is 8.84. The van der Waals surface area contributed by atoms with Crippen LogP contribution in [0.15, 0.2) is 30.3 Å². The lowest BCUT2D eigenvalue weighted by atomic mass is 9.99. The lowest BCUT2D eigenvalue weighted by Gasteiger charge is -2.34. The summed E-state index contributed by atoms with van der Waals surface area (Å²) in [5.41, 5.74) is 0.714. The topological polar surface area (TPSA) is 55.8 Å². The van der Waals surface area contributed by atoms with E-state index in [2.05, 4.69) is 0 Å². The maximum atomic E-state index is 12.8. The van der Waals surface area contributed by atoms with Crippen LogP contribution >= 0.6 is 0 Å². The lowest BCUT2D eigenvalue weighted by molar-refractivity contribution is -0.160. The monoisotopic (exact) mass is 331 g/mol. The predicted molar refractivity (Wildman–Crippen MR) is 89.9 cm³/mol. The van der Waals surface area contributed by atoms with E-state index in [0.29, 0.717) is 38.3 Å². The number of carbonyl (C=O) groups excluding carboxylic acids is 2. The number of carbonyl (C=O) groups is 2. The van der Waals surface area contributed by atoms with Crippen LogP contribution in [0.25, 0.3) is 0 Å². The van der Waals surface area contributed by atoms with Crippen LogP contribution in [0.5, 0.6) is 0 Å². The first kappa shape index (κ1) is 17.1. The molecular weight excluding hydrogens is 306 g/mol. The Hall–Kier alpha value is -1.72. The Balaban J connectivity index is 1.70. The highest BCUT2D eigenvalue weighted by molar-refractivity contribution is 5.96. The number of likely N-dealkylation sites (tertiary alicyclic amines) is 1. The molecule has 2 atom stereocenters. The number of amides is 1. The Bertz CT molecular complexity index is 554. The fraction of sp³-hybridized carbons (Fsp3) is 0.579. The van der Waals surface area contributed by atoms with Gasteiger partial charge in [0.1, 0.15) is 0 Å². The zero-order chi connectivity index (χ0) is 16.8. The maximum Gasteiger partial charge on any atom is 0.254 e. The summed E-state index contributed by atoms with van der Waals surface area (Å²) in [6.07, 6.45) is 3.86. The molecule has 3 rings (SSSR count). The average molecular weight is 331 g/mol. The molecule has 0 radical (unpaired) electrons. The van der Waals surface area contributed by atoms with Crippen molar-refractivity contribution in [3.8, 4) is 0 Å². The van der Waals surface area contributed by atoms with Crippen molar-refractivity contribution in [1.82, 2.24) is 4.90 Å². The Morgan fingerprint density at radius 3 is 2.67 bits per heavy atom. The Morgan fingerprint density at radius 2 is 1.92 bits per heavy atom. The molecular formula is C19H25NO4. The van der Waals surface area contributed by atoms with Crippen molar-refractivity contribution in [3.05, 3.63) is 35.9 Å². The Kier molecular flexibility index (Phi) is 5.99. The highest BCUT2D eigenvalue weighted by Crippen LogP contribution is 2.23. The summed E-state index contributed by atoms with van der Waals surface area (Å²) in [5.74, 6) is 0.0728. The summed E-state index contributed by atoms with van der Waals surface area (Å²) >= 11 is 0. The second kappa shape index (κ2) is 8.40. The van der Waals surface area contributed by atoms with Gasteiger partial charge in [-0.3, -0.25) is 9.59 Å². The van der Waals surface area contributed by atoms with Crippen molar-refractivity contribution >= 4 is 11.7 Å². The van der Waals surface area contributed by atoms with Gasteiger partial charge in [-0.1, -0.05) is 43.2 Å². The summed E-state index contributed by atoms with van der Waals surface area (Å²) in [6, 6.07) is 9.27. The number of hydrogen-bond donors (Lipinski definition) is 0. The number of nitrogens with zero attached hydrogens (tertiary/aromatic N) is 1. The quantitative estimate of drug-likeness (QED) is 0.795. The summed E-state index contributed by atoms with van der Waals surface area (Å²) in [6.45, 7) is 2.01. The predicted octanol–water partition coefficient (Wildman–Crippen LogP) is 2.45. The van der Waals surface area contributed by atoms with E-state index in [4.69, 9.17) is 9.47 Å². The Labute approximate surface area is 142 Å². The number of rotatable bonds is 4. The minimum atomic E-state index is -0.522. The van der Waals surface area contributed by atoms with Crippen LogP contribution in [0.4, 0.5) is 0 Å². The van der Waals surface area contributed by atoms with Crippen LogP contribution < -0.4 is 0 Å². The molecule has 2 saturated heterocycles. The number of Topliss-reactive ketones (excluding diaryl/α,β-unsaturated/α-hetero) is 1. The average Bonchev–Trinajstić information content (AvgIpc) is 2.88. The van der Waals surface area contributed by atoms with Gasteiger partial charge in [-0.2, -0.15) is 0 Å². The van der Waals surface area contributed by atoms with Crippen molar-refractivity contribution in [1.29, 1.82) is 0 Å². The van der Waals surface area contributed by atoms with E-state index < -0.39 is 6.10 Å². The normalized spacial score (nSPS) is 25.1. The number of benzene rings is 1. The van der Waals surface area contributed by atoms with Gasteiger partial charge in [0.2, 0.25) is 0 Å². The van der Waals surface area contributed by atoms with Crippen molar-refractivity contribution < 1.29 is 19.1 Å². The van der Waals surface area contributed by atoms with Crippen LogP contribution in [0.3, 0.4) is 0 Å². The SMILES string of the molecule is O=C(C[C@@H]1CCCCCN1C(=O)[C@@H]1COCCO1)c1ccccc1. The molecule has 130 valence electrons. The van der Waals surface area contributed by atoms with Crippen molar-refractivity contribution in [3.63, 3.8) is 0 Å². The molecule has 0 bridgehead atoms. The molecule has 0 aliphatic carbocycles. The first-order valence-corrected chi connectivity index (χ1v) is 8.84. The van der Waals surface area contributed by atoms with Gasteiger partial charge in [0, 0.05) is 24.6 Å². The smallest absolute Gasteiger partial charge is 0.254 e. The Morgan fingerprint density at radius 1 is 1.08 bits per heavy atom. The van der Waals surface area contributed by atoms with E-state index in [0.717, 1.165) is 25.7 Å². The lowest BCUT2D eigenvalue weighted by Crippen LogP contribution is -2.49. The van der Waals surface area contributed by atoms with Gasteiger partial charge < -0.3 is 14.4 Å². The third-order valence-corrected chi connectivity index (χ3v) is 4.77. The van der Waals surface area contributed by atoms with Gasteiger partial charge in [-0.25, -0.2) is 0 Å². The number of hydrogen-bond acceptors (Lipinski definition) is 4. The summed E-state index contributed by atoms with van der Waals surface area (Å²) in [4.78, 5) is 27.3. The fourth-order valence-electron chi connectivity index (χ4n) is 3.45. The van der Waals surface area contributed by atoms with Crippen LogP contribution in [0, 0.1) is 0 Å². The van der Waals surface area contributed by atoms with E-state index in [9.17, 15) is 9.59 Å². The molecule has 0 spiro atoms. The fourth-order valence-corrected chi connectivity index (χ4v) is 3.45. The summed E-state index contributed by atoms with van der Waals surface area (Å²) < 4.78 is 10.9. The highest BCUT2D eigenvalue weighted by atomic mass is 16.6. The molecule has 0 aromatic heterocycles. The maximum absolute atomic E-state index is 12.8. The first-order chi connectivity index (χ1) is 11.8. The van der Waals surface area contributed by atoms with Crippen LogP contribution in [0.2, 0.25) is 0 Å². The molecule has 1 amide bonds. The molecule has 1 aromatic rings. The molecule has 2 aliphatic heterocycles. The molecule has 0 unspecified atom stereocenters. The highest BCUT2D eigenvalue weighted by Gasteiger charge is 2.33. The van der Waals surface area contributed by atoms with Crippen molar-refractivity contribution in [2.45, 2.75) is 44.2 Å². The minimum absolute atomic E-state index is 0.0255. The van der Waals surface area contributed by atoms with E-state index in [1.807, 2.05) is 35.2 Å². The number of ketones is 1.